The van der Waals surface area contributed by atoms with E-state index in [1.165, 1.54) is 35.6 Å². The maximum atomic E-state index is 13.7. The lowest BCUT2D eigenvalue weighted by Gasteiger charge is -2.58. The molecule has 2 aliphatic carbocycles. The van der Waals surface area contributed by atoms with Gasteiger partial charge in [0.25, 0.3) is 5.91 Å². The Kier molecular flexibility index (Phi) is 7.43. The lowest BCUT2D eigenvalue weighted by atomic mass is 9.47. The second-order valence-corrected chi connectivity index (χ2v) is 13.0. The molecule has 5 rings (SSSR count). The van der Waals surface area contributed by atoms with Crippen LogP contribution in [0.5, 0.6) is 0 Å². The fourth-order valence-corrected chi connectivity index (χ4v) is 8.06. The molecule has 1 aromatic carbocycles. The molecule has 10 heteroatoms. The van der Waals surface area contributed by atoms with Gasteiger partial charge in [0.2, 0.25) is 5.91 Å². The van der Waals surface area contributed by atoms with Crippen molar-refractivity contribution in [2.45, 2.75) is 58.1 Å². The van der Waals surface area contributed by atoms with Crippen molar-refractivity contribution in [3.8, 4) is 0 Å². The van der Waals surface area contributed by atoms with Crippen LogP contribution in [0.2, 0.25) is 0 Å². The van der Waals surface area contributed by atoms with Gasteiger partial charge in [-0.2, -0.15) is 0 Å². The fraction of sp³-hybridized carbons (Fsp3) is 0.464. The van der Waals surface area contributed by atoms with Crippen LogP contribution in [0, 0.1) is 22.6 Å². The van der Waals surface area contributed by atoms with E-state index in [4.69, 9.17) is 4.98 Å². The van der Waals surface area contributed by atoms with Gasteiger partial charge in [0.05, 0.1) is 24.9 Å². The van der Waals surface area contributed by atoms with Crippen LogP contribution in [-0.2, 0) is 17.8 Å². The minimum absolute atomic E-state index is 0.0847. The van der Waals surface area contributed by atoms with E-state index in [1.807, 2.05) is 24.4 Å². The standard InChI is InChI=1S/C28H32FN3O4S2/c1-27-9-8-22(34)28(2,15-33)21(27)13-20-24(19(27)12-23(35)30-14-18-7-4-10-37-18)31-26(38-20)32-25(36)16-5-3-6-17(29)11-16/h3-7,10-11,19,21-22,33-34H,8-9,12-15H2,1-2H3,(H,30,35)(H,31,32,36). The summed E-state index contributed by atoms with van der Waals surface area (Å²) in [6.07, 6.45) is 1.37. The molecule has 1 fully saturated rings. The zero-order valence-corrected chi connectivity index (χ0v) is 23.0. The summed E-state index contributed by atoms with van der Waals surface area (Å²) in [4.78, 5) is 32.8. The third-order valence-corrected chi connectivity index (χ3v) is 10.5. The number of nitrogens with one attached hydrogen (secondary N) is 2. The second-order valence-electron chi connectivity index (χ2n) is 10.9. The number of nitrogens with zero attached hydrogens (tertiary/aromatic N) is 1. The molecule has 2 aliphatic rings. The Morgan fingerprint density at radius 1 is 1.24 bits per heavy atom. The van der Waals surface area contributed by atoms with Crippen LogP contribution in [0.1, 0.15) is 64.8 Å². The van der Waals surface area contributed by atoms with Crippen LogP contribution in [0.25, 0.3) is 0 Å². The number of amides is 2. The molecular formula is C28H32FN3O4S2. The number of aliphatic hydroxyl groups is 2. The number of hydrogen-bond donors (Lipinski definition) is 4. The van der Waals surface area contributed by atoms with Crippen LogP contribution < -0.4 is 10.6 Å². The molecule has 7 nitrogen and oxygen atoms in total. The lowest BCUT2D eigenvalue weighted by molar-refractivity contribution is -0.144. The van der Waals surface area contributed by atoms with Crippen molar-refractivity contribution in [2.24, 2.45) is 16.7 Å². The molecule has 2 heterocycles. The number of aliphatic hydroxyl groups excluding tert-OH is 2. The quantitative estimate of drug-likeness (QED) is 0.336. The number of carbonyl (C=O) groups excluding carboxylic acids is 2. The van der Waals surface area contributed by atoms with Gasteiger partial charge >= 0.3 is 0 Å². The first-order chi connectivity index (χ1) is 18.1. The molecule has 0 spiro atoms. The Morgan fingerprint density at radius 3 is 2.76 bits per heavy atom. The van der Waals surface area contributed by atoms with Gasteiger partial charge in [0.1, 0.15) is 5.82 Å². The Bertz CT molecular complexity index is 1330. The van der Waals surface area contributed by atoms with E-state index >= 15 is 0 Å². The van der Waals surface area contributed by atoms with Crippen molar-refractivity contribution in [2.75, 3.05) is 11.9 Å². The van der Waals surface area contributed by atoms with Crippen molar-refractivity contribution in [3.63, 3.8) is 0 Å². The van der Waals surface area contributed by atoms with Gasteiger partial charge in [-0.15, -0.1) is 22.7 Å². The van der Waals surface area contributed by atoms with Crippen molar-refractivity contribution < 1.29 is 24.2 Å². The minimum Gasteiger partial charge on any atom is -0.396 e. The zero-order valence-electron chi connectivity index (χ0n) is 21.4. The minimum atomic E-state index is -0.731. The number of benzene rings is 1. The van der Waals surface area contributed by atoms with Crippen LogP contribution >= 0.6 is 22.7 Å². The number of anilines is 1. The normalized spacial score (nSPS) is 28.3. The molecule has 5 unspecified atom stereocenters. The van der Waals surface area contributed by atoms with Crippen LogP contribution in [-0.4, -0.2) is 39.7 Å². The number of thiophene rings is 1. The third-order valence-electron chi connectivity index (χ3n) is 8.63. The smallest absolute Gasteiger partial charge is 0.257 e. The van der Waals surface area contributed by atoms with Crippen LogP contribution in [0.3, 0.4) is 0 Å². The van der Waals surface area contributed by atoms with E-state index < -0.39 is 23.2 Å². The lowest BCUT2D eigenvalue weighted by Crippen LogP contribution is -2.57. The van der Waals surface area contributed by atoms with E-state index in [1.54, 1.807) is 11.3 Å². The predicted molar refractivity (Wildman–Crippen MR) is 146 cm³/mol. The maximum absolute atomic E-state index is 13.7. The van der Waals surface area contributed by atoms with Crippen molar-refractivity contribution in [1.29, 1.82) is 0 Å². The molecule has 0 aliphatic heterocycles. The van der Waals surface area contributed by atoms with E-state index in [-0.39, 0.29) is 41.7 Å². The molecular weight excluding hydrogens is 525 g/mol. The van der Waals surface area contributed by atoms with Gasteiger partial charge in [-0.3, -0.25) is 14.9 Å². The number of thiazole rings is 1. The molecule has 3 aromatic rings. The summed E-state index contributed by atoms with van der Waals surface area (Å²) >= 11 is 2.92. The van der Waals surface area contributed by atoms with Crippen molar-refractivity contribution >= 4 is 39.6 Å². The third kappa shape index (κ3) is 4.90. The monoisotopic (exact) mass is 557 g/mol. The molecule has 4 N–H and O–H groups in total. The highest BCUT2D eigenvalue weighted by Gasteiger charge is 2.59. The SMILES string of the molecule is CC1(CO)C(O)CCC2(C)C(CC(=O)NCc3cccs3)c3nc(NC(=O)c4cccc(F)c4)sc3CC12. The number of fused-ring (bicyclic) bond motifs is 2. The first-order valence-corrected chi connectivity index (χ1v) is 14.5. The summed E-state index contributed by atoms with van der Waals surface area (Å²) in [5, 5.41) is 29.5. The molecule has 0 bridgehead atoms. The summed E-state index contributed by atoms with van der Waals surface area (Å²) in [5.74, 6) is -1.39. The van der Waals surface area contributed by atoms with E-state index in [0.29, 0.717) is 30.9 Å². The van der Waals surface area contributed by atoms with E-state index in [2.05, 4.69) is 17.6 Å². The Balaban J connectivity index is 1.46. The van der Waals surface area contributed by atoms with E-state index in [9.17, 15) is 24.2 Å². The van der Waals surface area contributed by atoms with Crippen molar-refractivity contribution in [3.05, 3.63) is 68.6 Å². The molecule has 202 valence electrons. The molecule has 2 aromatic heterocycles. The first kappa shape index (κ1) is 26.9. The summed E-state index contributed by atoms with van der Waals surface area (Å²) in [5.41, 5.74) is -0.140. The number of hydrogen-bond acceptors (Lipinski definition) is 7. The Hall–Kier alpha value is -2.66. The van der Waals surface area contributed by atoms with Crippen LogP contribution in [0.15, 0.2) is 41.8 Å². The van der Waals surface area contributed by atoms with Gasteiger partial charge in [-0.25, -0.2) is 9.37 Å². The highest BCUT2D eigenvalue weighted by Crippen LogP contribution is 2.62. The van der Waals surface area contributed by atoms with Crippen molar-refractivity contribution in [1.82, 2.24) is 10.3 Å². The highest BCUT2D eigenvalue weighted by atomic mass is 32.1. The van der Waals surface area contributed by atoms with Gasteiger partial charge in [0, 0.05) is 33.1 Å². The molecule has 38 heavy (non-hydrogen) atoms. The number of halogens is 1. The molecule has 5 atom stereocenters. The molecule has 1 saturated carbocycles. The molecule has 0 saturated heterocycles. The number of aromatic nitrogens is 1. The van der Waals surface area contributed by atoms with Gasteiger partial charge in [-0.1, -0.05) is 26.0 Å². The second kappa shape index (κ2) is 10.5. The largest absolute Gasteiger partial charge is 0.396 e. The average Bonchev–Trinajstić information content (AvgIpc) is 3.56. The van der Waals surface area contributed by atoms with Gasteiger partial charge in [0.15, 0.2) is 5.13 Å². The zero-order chi connectivity index (χ0) is 27.1. The summed E-state index contributed by atoms with van der Waals surface area (Å²) in [7, 11) is 0. The van der Waals surface area contributed by atoms with Gasteiger partial charge < -0.3 is 15.5 Å². The predicted octanol–water partition coefficient (Wildman–Crippen LogP) is 4.72. The average molecular weight is 558 g/mol. The first-order valence-electron chi connectivity index (χ1n) is 12.8. The number of rotatable bonds is 7. The van der Waals surface area contributed by atoms with Gasteiger partial charge in [-0.05, 0) is 60.2 Å². The highest BCUT2D eigenvalue weighted by molar-refractivity contribution is 7.16. The summed E-state index contributed by atoms with van der Waals surface area (Å²) in [6.45, 7) is 4.35. The molecule has 2 amide bonds. The molecule has 0 radical (unpaired) electrons. The Labute approximate surface area is 229 Å². The Morgan fingerprint density at radius 2 is 2.05 bits per heavy atom. The van der Waals surface area contributed by atoms with E-state index in [0.717, 1.165) is 15.4 Å². The maximum Gasteiger partial charge on any atom is 0.257 e. The fourth-order valence-electron chi connectivity index (χ4n) is 6.35. The topological polar surface area (TPSA) is 112 Å². The summed E-state index contributed by atoms with van der Waals surface area (Å²) in [6, 6.07) is 9.40. The summed E-state index contributed by atoms with van der Waals surface area (Å²) < 4.78 is 13.7. The van der Waals surface area contributed by atoms with Crippen LogP contribution in [0.4, 0.5) is 9.52 Å². The number of carbonyl (C=O) groups is 2.